The normalized spacial score (nSPS) is 18.8. The van der Waals surface area contributed by atoms with Crippen LogP contribution in [-0.2, 0) is 9.59 Å². The van der Waals surface area contributed by atoms with E-state index < -0.39 is 17.6 Å². The lowest BCUT2D eigenvalue weighted by Gasteiger charge is -2.18. The van der Waals surface area contributed by atoms with Crippen LogP contribution < -0.4 is 10.2 Å². The summed E-state index contributed by atoms with van der Waals surface area (Å²) < 4.78 is 26.6. The summed E-state index contributed by atoms with van der Waals surface area (Å²) in [6, 6.07) is 3.01. The van der Waals surface area contributed by atoms with Crippen LogP contribution in [0.4, 0.5) is 14.5 Å². The minimum Gasteiger partial charge on any atom is -0.354 e. The monoisotopic (exact) mass is 282 g/mol. The molecule has 108 valence electrons. The maximum absolute atomic E-state index is 13.7. The number of rotatable bonds is 3. The highest BCUT2D eigenvalue weighted by Gasteiger charge is 2.36. The van der Waals surface area contributed by atoms with Crippen molar-refractivity contribution in [3.05, 3.63) is 29.8 Å². The van der Waals surface area contributed by atoms with Gasteiger partial charge in [0.1, 0.15) is 11.6 Å². The van der Waals surface area contributed by atoms with E-state index in [2.05, 4.69) is 5.32 Å². The molecule has 1 heterocycles. The fourth-order valence-corrected chi connectivity index (χ4v) is 2.22. The molecule has 0 saturated carbocycles. The number of benzene rings is 1. The Hall–Kier alpha value is -1.98. The van der Waals surface area contributed by atoms with Crippen molar-refractivity contribution < 1.29 is 18.4 Å². The average molecular weight is 282 g/mol. The molecule has 2 rings (SSSR count). The number of amides is 2. The zero-order valence-electron chi connectivity index (χ0n) is 11.3. The van der Waals surface area contributed by atoms with E-state index in [1.165, 1.54) is 11.0 Å². The molecule has 6 heteroatoms. The first-order valence-corrected chi connectivity index (χ1v) is 6.44. The van der Waals surface area contributed by atoms with Crippen molar-refractivity contribution in [1.82, 2.24) is 5.32 Å². The van der Waals surface area contributed by atoms with Crippen LogP contribution in [0.25, 0.3) is 0 Å². The number of halogens is 2. The van der Waals surface area contributed by atoms with E-state index in [9.17, 15) is 18.4 Å². The van der Waals surface area contributed by atoms with Gasteiger partial charge >= 0.3 is 0 Å². The second kappa shape index (κ2) is 5.56. The zero-order valence-corrected chi connectivity index (χ0v) is 11.3. The minimum absolute atomic E-state index is 0.0104. The summed E-state index contributed by atoms with van der Waals surface area (Å²) in [4.78, 5) is 25.0. The lowest BCUT2D eigenvalue weighted by Crippen LogP contribution is -2.37. The summed E-state index contributed by atoms with van der Waals surface area (Å²) in [7, 11) is 0. The number of nitrogens with one attached hydrogen (secondary N) is 1. The maximum atomic E-state index is 13.7. The van der Waals surface area contributed by atoms with Gasteiger partial charge in [-0.3, -0.25) is 9.59 Å². The molecule has 1 aliphatic heterocycles. The molecule has 1 saturated heterocycles. The summed E-state index contributed by atoms with van der Waals surface area (Å²) in [5.41, 5.74) is 0.0104. The largest absolute Gasteiger partial charge is 0.354 e. The highest BCUT2D eigenvalue weighted by Crippen LogP contribution is 2.28. The molecule has 1 aromatic carbocycles. The van der Waals surface area contributed by atoms with Gasteiger partial charge in [-0.2, -0.15) is 0 Å². The van der Waals surface area contributed by atoms with Crippen molar-refractivity contribution in [2.24, 2.45) is 5.92 Å². The highest BCUT2D eigenvalue weighted by atomic mass is 19.1. The van der Waals surface area contributed by atoms with Gasteiger partial charge in [-0.15, -0.1) is 0 Å². The molecule has 4 nitrogen and oxygen atoms in total. The molecule has 0 aliphatic carbocycles. The van der Waals surface area contributed by atoms with Crippen LogP contribution in [0.1, 0.15) is 20.3 Å². The molecule has 2 amide bonds. The molecule has 0 bridgehead atoms. The van der Waals surface area contributed by atoms with Gasteiger partial charge in [0.25, 0.3) is 0 Å². The second-order valence-electron chi connectivity index (χ2n) is 5.16. The molecule has 1 atom stereocenters. The summed E-state index contributed by atoms with van der Waals surface area (Å²) in [5.74, 6) is -2.57. The van der Waals surface area contributed by atoms with Gasteiger partial charge in [0.15, 0.2) is 0 Å². The summed E-state index contributed by atoms with van der Waals surface area (Å²) in [5, 5.41) is 2.73. The van der Waals surface area contributed by atoms with Crippen molar-refractivity contribution in [2.45, 2.75) is 26.3 Å². The van der Waals surface area contributed by atoms with Crippen LogP contribution in [0.3, 0.4) is 0 Å². The zero-order chi connectivity index (χ0) is 14.9. The Labute approximate surface area is 115 Å². The van der Waals surface area contributed by atoms with Crippen molar-refractivity contribution in [3.8, 4) is 0 Å². The molecular formula is C14H16F2N2O2. The van der Waals surface area contributed by atoms with Crippen molar-refractivity contribution in [2.75, 3.05) is 11.4 Å². The van der Waals surface area contributed by atoms with E-state index in [1.54, 1.807) is 0 Å². The van der Waals surface area contributed by atoms with Crippen LogP contribution in [0.15, 0.2) is 18.2 Å². The minimum atomic E-state index is -0.803. The molecule has 1 aromatic rings. The first-order chi connectivity index (χ1) is 9.38. The molecule has 0 aromatic heterocycles. The Morgan fingerprint density at radius 2 is 2.10 bits per heavy atom. The van der Waals surface area contributed by atoms with Crippen LogP contribution >= 0.6 is 0 Å². The summed E-state index contributed by atoms with van der Waals surface area (Å²) >= 11 is 0. The Bertz CT molecular complexity index is 546. The number of carbonyl (C=O) groups is 2. The fraction of sp³-hybridized carbons (Fsp3) is 0.429. The fourth-order valence-electron chi connectivity index (χ4n) is 2.22. The maximum Gasteiger partial charge on any atom is 0.227 e. The van der Waals surface area contributed by atoms with Gasteiger partial charge in [0.2, 0.25) is 11.8 Å². The van der Waals surface area contributed by atoms with Crippen LogP contribution in [0, 0.1) is 17.6 Å². The number of nitrogens with zero attached hydrogens (tertiary/aromatic N) is 1. The van der Waals surface area contributed by atoms with E-state index in [-0.39, 0.29) is 36.5 Å². The number of hydrogen-bond donors (Lipinski definition) is 1. The lowest BCUT2D eigenvalue weighted by atomic mass is 10.1. The van der Waals surface area contributed by atoms with Gasteiger partial charge in [-0.25, -0.2) is 8.78 Å². The standard InChI is InChI=1S/C14H16F2N2O2/c1-8(2)17-14(20)9-5-13(19)18(7-9)12-4-3-10(15)6-11(12)16/h3-4,6,8-9H,5,7H2,1-2H3,(H,17,20)/t9-/m0/s1. The second-order valence-corrected chi connectivity index (χ2v) is 5.16. The van der Waals surface area contributed by atoms with Gasteiger partial charge in [-0.05, 0) is 26.0 Å². The first-order valence-electron chi connectivity index (χ1n) is 6.44. The van der Waals surface area contributed by atoms with Crippen molar-refractivity contribution in [3.63, 3.8) is 0 Å². The molecule has 1 aliphatic rings. The Morgan fingerprint density at radius 1 is 1.40 bits per heavy atom. The Morgan fingerprint density at radius 3 is 2.70 bits per heavy atom. The van der Waals surface area contributed by atoms with E-state index in [4.69, 9.17) is 0 Å². The third-order valence-corrected chi connectivity index (χ3v) is 3.13. The predicted octanol–water partition coefficient (Wildman–Crippen LogP) is 1.84. The summed E-state index contributed by atoms with van der Waals surface area (Å²) in [6.45, 7) is 3.76. The van der Waals surface area contributed by atoms with Crippen molar-refractivity contribution in [1.29, 1.82) is 0 Å². The quantitative estimate of drug-likeness (QED) is 0.919. The third-order valence-electron chi connectivity index (χ3n) is 3.13. The molecule has 1 fully saturated rings. The van der Waals surface area contributed by atoms with E-state index >= 15 is 0 Å². The van der Waals surface area contributed by atoms with Crippen molar-refractivity contribution >= 4 is 17.5 Å². The van der Waals surface area contributed by atoms with Gasteiger partial charge in [-0.1, -0.05) is 0 Å². The first kappa shape index (κ1) is 14.4. The Kier molecular flexibility index (Phi) is 4.01. The van der Waals surface area contributed by atoms with Crippen LogP contribution in [-0.4, -0.2) is 24.4 Å². The molecular weight excluding hydrogens is 266 g/mol. The average Bonchev–Trinajstić information content (AvgIpc) is 2.70. The molecule has 0 radical (unpaired) electrons. The van der Waals surface area contributed by atoms with Crippen LogP contribution in [0.5, 0.6) is 0 Å². The number of anilines is 1. The SMILES string of the molecule is CC(C)NC(=O)[C@H]1CC(=O)N(c2ccc(F)cc2F)C1. The highest BCUT2D eigenvalue weighted by molar-refractivity contribution is 6.00. The lowest BCUT2D eigenvalue weighted by molar-refractivity contribution is -0.126. The molecule has 0 unspecified atom stereocenters. The van der Waals surface area contributed by atoms with Gasteiger partial charge in [0, 0.05) is 25.1 Å². The van der Waals surface area contributed by atoms with E-state index in [0.717, 1.165) is 12.1 Å². The van der Waals surface area contributed by atoms with E-state index in [0.29, 0.717) is 0 Å². The third kappa shape index (κ3) is 2.95. The summed E-state index contributed by atoms with van der Waals surface area (Å²) in [6.07, 6.45) is 0.0371. The van der Waals surface area contributed by atoms with Gasteiger partial charge in [0.05, 0.1) is 11.6 Å². The van der Waals surface area contributed by atoms with Crippen LogP contribution in [0.2, 0.25) is 0 Å². The Balaban J connectivity index is 2.15. The smallest absolute Gasteiger partial charge is 0.227 e. The predicted molar refractivity (Wildman–Crippen MR) is 70.1 cm³/mol. The molecule has 20 heavy (non-hydrogen) atoms. The molecule has 0 spiro atoms. The van der Waals surface area contributed by atoms with E-state index in [1.807, 2.05) is 13.8 Å². The molecule has 1 N–H and O–H groups in total. The van der Waals surface area contributed by atoms with Gasteiger partial charge < -0.3 is 10.2 Å². The topological polar surface area (TPSA) is 49.4 Å². The number of hydrogen-bond acceptors (Lipinski definition) is 2. The number of carbonyl (C=O) groups excluding carboxylic acids is 2.